The Morgan fingerprint density at radius 2 is 0.556 bits per heavy atom. The maximum Gasteiger partial charge on any atom is 0.319 e. The molecule has 0 atom stereocenters. The summed E-state index contributed by atoms with van der Waals surface area (Å²) in [6.45, 7) is 5.39. The van der Waals surface area contributed by atoms with Gasteiger partial charge in [0.15, 0.2) is 0 Å². The van der Waals surface area contributed by atoms with Crippen LogP contribution in [0.4, 0.5) is 0 Å². The minimum atomic E-state index is -3.81. The van der Waals surface area contributed by atoms with Gasteiger partial charge in [-0.1, -0.05) is 41.5 Å². The molecule has 0 aliphatic heterocycles. The van der Waals surface area contributed by atoms with Crippen molar-refractivity contribution in [1.29, 1.82) is 0 Å². The molecule has 0 fully saturated rings. The van der Waals surface area contributed by atoms with Crippen molar-refractivity contribution >= 4 is 37.1 Å². The van der Waals surface area contributed by atoms with Gasteiger partial charge in [0.25, 0.3) is 0 Å². The minimum Gasteiger partial charge on any atom is -0.325 e. The summed E-state index contributed by atoms with van der Waals surface area (Å²) in [5.41, 5.74) is 0. The number of hydrogen-bond donors (Lipinski definition) is 6. The van der Waals surface area contributed by atoms with Crippen molar-refractivity contribution in [2.45, 2.75) is 41.5 Å². The van der Waals surface area contributed by atoms with Gasteiger partial charge >= 0.3 is 13.4 Å². The Balaban J connectivity index is -0.0000000731. The molecule has 0 unspecified atom stereocenters. The van der Waals surface area contributed by atoms with Crippen LogP contribution in [0.3, 0.4) is 0 Å². The van der Waals surface area contributed by atoms with E-state index in [9.17, 15) is 0 Å². The van der Waals surface area contributed by atoms with E-state index in [1.807, 2.05) is 0 Å². The highest BCUT2D eigenvalue weighted by atomic mass is 32.5. The topological polar surface area (TPSA) is 121 Å². The monoisotopic (exact) mass is 344 g/mol. The molecule has 0 spiro atoms. The van der Waals surface area contributed by atoms with Crippen molar-refractivity contribution in [3.63, 3.8) is 0 Å². The van der Waals surface area contributed by atoms with Crippen molar-refractivity contribution in [3.8, 4) is 0 Å². The van der Waals surface area contributed by atoms with Crippen LogP contribution in [0.2, 0.25) is 0 Å². The first-order valence-corrected chi connectivity index (χ1v) is 10.4. The zero-order chi connectivity index (χ0) is 16.2. The molecule has 0 radical (unpaired) electrons. The van der Waals surface area contributed by atoms with Gasteiger partial charge in [0.1, 0.15) is 0 Å². The summed E-state index contributed by atoms with van der Waals surface area (Å²) in [5.74, 6) is 1.67. The molecule has 6 nitrogen and oxygen atoms in total. The van der Waals surface area contributed by atoms with Gasteiger partial charge in [0.05, 0.1) is 0 Å². The molecule has 0 aromatic carbocycles. The first-order valence-electron chi connectivity index (χ1n) is 5.03. The van der Waals surface area contributed by atoms with Crippen LogP contribution in [0.5, 0.6) is 0 Å². The van der Waals surface area contributed by atoms with Crippen molar-refractivity contribution < 1.29 is 29.4 Å². The summed E-state index contributed by atoms with van der Waals surface area (Å²) in [4.78, 5) is 45.3. The van der Waals surface area contributed by atoms with Crippen LogP contribution in [0.1, 0.15) is 41.5 Å². The van der Waals surface area contributed by atoms with Crippen molar-refractivity contribution in [1.82, 2.24) is 0 Å². The lowest BCUT2D eigenvalue weighted by Gasteiger charge is -1.88. The molecule has 0 heterocycles. The molecule has 10 heteroatoms. The van der Waals surface area contributed by atoms with Crippen LogP contribution >= 0.6 is 13.4 Å². The molecule has 116 valence electrons. The van der Waals surface area contributed by atoms with Gasteiger partial charge in [-0.3, -0.25) is 0 Å². The average Bonchev–Trinajstić information content (AvgIpc) is 1.70. The smallest absolute Gasteiger partial charge is 0.319 e. The lowest BCUT2D eigenvalue weighted by atomic mass is 10.3. The average molecular weight is 344 g/mol. The minimum absolute atomic E-state index is 0.833. The third-order valence-electron chi connectivity index (χ3n) is 0. The van der Waals surface area contributed by atoms with Gasteiger partial charge in [-0.05, 0) is 35.4 Å². The summed E-state index contributed by atoms with van der Waals surface area (Å²) in [5, 5.41) is 0. The third-order valence-corrected chi connectivity index (χ3v) is 0. The van der Waals surface area contributed by atoms with Gasteiger partial charge in [-0.15, -0.1) is 0 Å². The van der Waals surface area contributed by atoms with E-state index in [-0.39, 0.29) is 0 Å². The first kappa shape index (κ1) is 27.4. The fourth-order valence-corrected chi connectivity index (χ4v) is 0. The molecule has 0 saturated heterocycles. The van der Waals surface area contributed by atoms with Gasteiger partial charge in [-0.25, -0.2) is 0 Å². The maximum atomic E-state index is 7.56. The Bertz CT molecular complexity index is 200. The second-order valence-corrected chi connectivity index (χ2v) is 9.48. The van der Waals surface area contributed by atoms with E-state index in [2.05, 4.69) is 65.2 Å². The summed E-state index contributed by atoms with van der Waals surface area (Å²) >= 11 is 7.21. The Morgan fingerprint density at radius 1 is 0.556 bits per heavy atom. The molecule has 0 aromatic heterocycles. The highest BCUT2D eigenvalue weighted by Gasteiger charge is 1.92. The van der Waals surface area contributed by atoms with Crippen LogP contribution in [-0.2, 0) is 23.6 Å². The lowest BCUT2D eigenvalue weighted by molar-refractivity contribution is 0.361. The molecule has 0 aromatic rings. The quantitative estimate of drug-likeness (QED) is 0.367. The zero-order valence-electron chi connectivity index (χ0n) is 11.5. The lowest BCUT2D eigenvalue weighted by Crippen LogP contribution is -1.66. The largest absolute Gasteiger partial charge is 0.325 e. The Labute approximate surface area is 120 Å². The Hall–Kier alpha value is 1.06. The first-order chi connectivity index (χ1) is 7.46. The van der Waals surface area contributed by atoms with E-state index >= 15 is 0 Å². The summed E-state index contributed by atoms with van der Waals surface area (Å²) < 4.78 is 0. The maximum absolute atomic E-state index is 7.56. The number of rotatable bonds is 0. The Kier molecular flexibility index (Phi) is 22.0. The van der Waals surface area contributed by atoms with E-state index in [1.54, 1.807) is 0 Å². The van der Waals surface area contributed by atoms with Crippen LogP contribution in [0.25, 0.3) is 0 Å². The van der Waals surface area contributed by atoms with Gasteiger partial charge < -0.3 is 29.4 Å². The molecule has 0 rings (SSSR count). The predicted octanol–water partition coefficient (Wildman–Crippen LogP) is 1.70. The molecule has 6 N–H and O–H groups in total. The predicted molar refractivity (Wildman–Crippen MR) is 82.9 cm³/mol. The van der Waals surface area contributed by atoms with Gasteiger partial charge in [-0.2, -0.15) is 0 Å². The van der Waals surface area contributed by atoms with Gasteiger partial charge in [0.2, 0.25) is 0 Å². The molecule has 0 amide bonds. The molecule has 0 bridgehead atoms. The van der Waals surface area contributed by atoms with Gasteiger partial charge in [0, 0.05) is 0 Å². The molecule has 0 saturated carbocycles. The van der Waals surface area contributed by atoms with Crippen molar-refractivity contribution in [3.05, 3.63) is 0 Å². The van der Waals surface area contributed by atoms with E-state index in [4.69, 9.17) is 29.4 Å². The SMILES string of the molecule is CC(C)C.CC(C)C.OP(O)(O)=S.OP(O)(O)=S. The summed E-state index contributed by atoms with van der Waals surface area (Å²) in [7, 11) is 0. The summed E-state index contributed by atoms with van der Waals surface area (Å²) in [6.07, 6.45) is 0. The fourth-order valence-electron chi connectivity index (χ4n) is 0. The second kappa shape index (κ2) is 14.5. The standard InChI is InChI=1S/2C4H10.2H3O3PS/c2*1-4(2)3;2*1-4(2,3)5/h2*4H,1-3H3;2*(H3,1,2,3,5). The summed E-state index contributed by atoms with van der Waals surface area (Å²) in [6, 6.07) is 0. The second-order valence-electron chi connectivity index (χ2n) is 4.49. The highest BCUT2D eigenvalue weighted by Crippen LogP contribution is 2.26. The molecule has 18 heavy (non-hydrogen) atoms. The highest BCUT2D eigenvalue weighted by molar-refractivity contribution is 8.06. The van der Waals surface area contributed by atoms with Crippen LogP contribution in [0.15, 0.2) is 0 Å². The van der Waals surface area contributed by atoms with Crippen molar-refractivity contribution in [2.24, 2.45) is 11.8 Å². The van der Waals surface area contributed by atoms with Crippen molar-refractivity contribution in [2.75, 3.05) is 0 Å². The van der Waals surface area contributed by atoms with Crippen LogP contribution < -0.4 is 0 Å². The van der Waals surface area contributed by atoms with E-state index in [0.717, 1.165) is 11.8 Å². The molecular formula is C8H26O6P2S2. The Morgan fingerprint density at radius 3 is 0.556 bits per heavy atom. The third kappa shape index (κ3) is 3920. The zero-order valence-corrected chi connectivity index (χ0v) is 15.0. The number of hydrogen-bond acceptors (Lipinski definition) is 2. The van der Waals surface area contributed by atoms with E-state index in [0.29, 0.717) is 0 Å². The van der Waals surface area contributed by atoms with Crippen LogP contribution in [-0.4, -0.2) is 29.4 Å². The van der Waals surface area contributed by atoms with Crippen LogP contribution in [0, 0.1) is 11.8 Å². The molecule has 0 aliphatic carbocycles. The van der Waals surface area contributed by atoms with E-state index in [1.165, 1.54) is 0 Å². The normalized spacial score (nSPS) is 10.6. The molecule has 0 aliphatic rings. The molecular weight excluding hydrogens is 318 g/mol. The fraction of sp³-hybridized carbons (Fsp3) is 1.00. The van der Waals surface area contributed by atoms with E-state index < -0.39 is 13.4 Å².